The van der Waals surface area contributed by atoms with Gasteiger partial charge < -0.3 is 9.88 Å². The summed E-state index contributed by atoms with van der Waals surface area (Å²) < 4.78 is 29.7. The van der Waals surface area contributed by atoms with E-state index in [4.69, 9.17) is 0 Å². The Hall–Kier alpha value is -1.87. The average Bonchev–Trinajstić information content (AvgIpc) is 3.33. The average molecular weight is 381 g/mol. The molecule has 140 valence electrons. The molecule has 2 saturated heterocycles. The van der Waals surface area contributed by atoms with E-state index >= 15 is 0 Å². The number of rotatable bonds is 3. The zero-order valence-corrected chi connectivity index (χ0v) is 15.4. The Morgan fingerprint density at radius 2 is 2.19 bits per heavy atom. The molecule has 1 spiro atoms. The molecule has 4 rings (SSSR count). The Balaban J connectivity index is 1.50. The van der Waals surface area contributed by atoms with Gasteiger partial charge in [-0.3, -0.25) is 9.69 Å². The third-order valence-corrected chi connectivity index (χ3v) is 6.29. The SMILES string of the molecule is Cc1nc(CN2CC[C@]3(C2)CN(C(=O)c2cnc[nH]2)CCC3(F)F)cs1. The van der Waals surface area contributed by atoms with E-state index in [9.17, 15) is 13.6 Å². The number of aromatic amines is 1. The van der Waals surface area contributed by atoms with Crippen molar-refractivity contribution < 1.29 is 13.6 Å². The normalized spacial score (nSPS) is 25.9. The summed E-state index contributed by atoms with van der Waals surface area (Å²) in [6.45, 7) is 3.54. The van der Waals surface area contributed by atoms with Crippen molar-refractivity contribution in [1.29, 1.82) is 0 Å². The molecule has 2 aliphatic heterocycles. The number of carbonyl (C=O) groups is 1. The third kappa shape index (κ3) is 3.03. The van der Waals surface area contributed by atoms with E-state index in [2.05, 4.69) is 15.0 Å². The molecule has 2 aliphatic rings. The van der Waals surface area contributed by atoms with Crippen molar-refractivity contribution in [3.05, 3.63) is 34.3 Å². The van der Waals surface area contributed by atoms with Crippen molar-refractivity contribution in [3.63, 3.8) is 0 Å². The van der Waals surface area contributed by atoms with Crippen molar-refractivity contribution >= 4 is 17.2 Å². The number of alkyl halides is 2. The van der Waals surface area contributed by atoms with E-state index < -0.39 is 11.3 Å². The largest absolute Gasteiger partial charge is 0.341 e. The van der Waals surface area contributed by atoms with E-state index in [0.29, 0.717) is 25.2 Å². The number of imidazole rings is 1. The molecule has 0 aromatic carbocycles. The molecule has 0 radical (unpaired) electrons. The van der Waals surface area contributed by atoms with Crippen LogP contribution < -0.4 is 0 Å². The summed E-state index contributed by atoms with van der Waals surface area (Å²) in [4.78, 5) is 27.2. The lowest BCUT2D eigenvalue weighted by atomic mass is 9.75. The number of aromatic nitrogens is 3. The maximum Gasteiger partial charge on any atom is 0.271 e. The highest BCUT2D eigenvalue weighted by Crippen LogP contribution is 2.49. The molecule has 0 bridgehead atoms. The first-order chi connectivity index (χ1) is 12.4. The summed E-state index contributed by atoms with van der Waals surface area (Å²) in [7, 11) is 0. The Morgan fingerprint density at radius 3 is 2.88 bits per heavy atom. The van der Waals surface area contributed by atoms with Crippen molar-refractivity contribution in [2.75, 3.05) is 26.2 Å². The van der Waals surface area contributed by atoms with E-state index in [1.807, 2.05) is 17.2 Å². The van der Waals surface area contributed by atoms with Gasteiger partial charge in [0.15, 0.2) is 0 Å². The number of hydrogen-bond acceptors (Lipinski definition) is 5. The quantitative estimate of drug-likeness (QED) is 0.888. The lowest BCUT2D eigenvalue weighted by Crippen LogP contribution is -2.58. The second kappa shape index (κ2) is 6.38. The van der Waals surface area contributed by atoms with Crippen LogP contribution in [0.2, 0.25) is 0 Å². The molecule has 2 fully saturated rings. The Morgan fingerprint density at radius 1 is 1.35 bits per heavy atom. The van der Waals surface area contributed by atoms with E-state index in [1.165, 1.54) is 12.5 Å². The van der Waals surface area contributed by atoms with Crippen LogP contribution in [0.25, 0.3) is 0 Å². The Bertz CT molecular complexity index is 793. The van der Waals surface area contributed by atoms with E-state index in [-0.39, 0.29) is 32.0 Å². The summed E-state index contributed by atoms with van der Waals surface area (Å²) in [5, 5.41) is 2.96. The fourth-order valence-electron chi connectivity index (χ4n) is 4.05. The predicted octanol–water partition coefficient (Wildman–Crippen LogP) is 2.55. The van der Waals surface area contributed by atoms with Gasteiger partial charge in [0.25, 0.3) is 11.8 Å². The molecule has 1 amide bonds. The molecule has 9 heteroatoms. The van der Waals surface area contributed by atoms with Crippen molar-refractivity contribution in [2.45, 2.75) is 32.2 Å². The Labute approximate surface area is 154 Å². The Kier molecular flexibility index (Phi) is 4.31. The predicted molar refractivity (Wildman–Crippen MR) is 93.2 cm³/mol. The highest BCUT2D eigenvalue weighted by atomic mass is 32.1. The van der Waals surface area contributed by atoms with Gasteiger partial charge in [0.1, 0.15) is 5.69 Å². The fraction of sp³-hybridized carbons (Fsp3) is 0.588. The van der Waals surface area contributed by atoms with Crippen LogP contribution in [0, 0.1) is 12.3 Å². The first kappa shape index (κ1) is 17.5. The zero-order valence-electron chi connectivity index (χ0n) is 14.5. The van der Waals surface area contributed by atoms with Crippen LogP contribution in [0.15, 0.2) is 17.9 Å². The van der Waals surface area contributed by atoms with Crippen LogP contribution in [0.1, 0.15) is 34.0 Å². The monoisotopic (exact) mass is 381 g/mol. The van der Waals surface area contributed by atoms with Gasteiger partial charge in [0, 0.05) is 38.0 Å². The van der Waals surface area contributed by atoms with Crippen LogP contribution in [0.4, 0.5) is 8.78 Å². The molecule has 6 nitrogen and oxygen atoms in total. The van der Waals surface area contributed by atoms with Gasteiger partial charge in [0.2, 0.25) is 0 Å². The molecule has 26 heavy (non-hydrogen) atoms. The number of piperidine rings is 1. The number of hydrogen-bond donors (Lipinski definition) is 1. The minimum atomic E-state index is -2.77. The van der Waals surface area contributed by atoms with Gasteiger partial charge in [-0.2, -0.15) is 0 Å². The number of carbonyl (C=O) groups excluding carboxylic acids is 1. The number of H-pyrrole nitrogens is 1. The maximum absolute atomic E-state index is 14.9. The summed E-state index contributed by atoms with van der Waals surface area (Å²) in [6, 6.07) is 0. The van der Waals surface area contributed by atoms with Crippen LogP contribution in [-0.2, 0) is 6.54 Å². The molecular formula is C17H21F2N5OS. The number of nitrogens with one attached hydrogen (secondary N) is 1. The summed E-state index contributed by atoms with van der Waals surface area (Å²) >= 11 is 1.57. The second-order valence-electron chi connectivity index (χ2n) is 7.25. The van der Waals surface area contributed by atoms with Gasteiger partial charge >= 0.3 is 0 Å². The van der Waals surface area contributed by atoms with E-state index in [1.54, 1.807) is 16.2 Å². The number of amides is 1. The molecule has 0 unspecified atom stereocenters. The highest BCUT2D eigenvalue weighted by Gasteiger charge is 2.59. The number of nitrogens with zero attached hydrogens (tertiary/aromatic N) is 4. The van der Waals surface area contributed by atoms with Gasteiger partial charge in [-0.25, -0.2) is 18.7 Å². The second-order valence-corrected chi connectivity index (χ2v) is 8.31. The fourth-order valence-corrected chi connectivity index (χ4v) is 4.65. The minimum Gasteiger partial charge on any atom is -0.341 e. The molecule has 2 aromatic heterocycles. The van der Waals surface area contributed by atoms with Gasteiger partial charge in [-0.15, -0.1) is 11.3 Å². The summed E-state index contributed by atoms with van der Waals surface area (Å²) in [6.07, 6.45) is 2.95. The van der Waals surface area contributed by atoms with Crippen molar-refractivity contribution in [3.8, 4) is 0 Å². The van der Waals surface area contributed by atoms with Crippen molar-refractivity contribution in [1.82, 2.24) is 24.8 Å². The van der Waals surface area contributed by atoms with Gasteiger partial charge in [-0.1, -0.05) is 0 Å². The lowest BCUT2D eigenvalue weighted by Gasteiger charge is -2.45. The summed E-state index contributed by atoms with van der Waals surface area (Å²) in [5.41, 5.74) is 0.0821. The number of likely N-dealkylation sites (tertiary alicyclic amines) is 2. The smallest absolute Gasteiger partial charge is 0.271 e. The molecule has 1 N–H and O–H groups in total. The highest BCUT2D eigenvalue weighted by molar-refractivity contribution is 7.09. The number of thiazole rings is 1. The number of halogens is 2. The maximum atomic E-state index is 14.9. The third-order valence-electron chi connectivity index (χ3n) is 5.47. The summed E-state index contributed by atoms with van der Waals surface area (Å²) in [5.74, 6) is -3.03. The molecule has 1 atom stereocenters. The van der Waals surface area contributed by atoms with Crippen LogP contribution in [0.3, 0.4) is 0 Å². The molecule has 0 saturated carbocycles. The van der Waals surface area contributed by atoms with Crippen molar-refractivity contribution in [2.24, 2.45) is 5.41 Å². The van der Waals surface area contributed by atoms with Crippen LogP contribution in [-0.4, -0.2) is 62.8 Å². The minimum absolute atomic E-state index is 0.0673. The first-order valence-electron chi connectivity index (χ1n) is 8.67. The zero-order chi connectivity index (χ0) is 18.4. The molecule has 4 heterocycles. The first-order valence-corrected chi connectivity index (χ1v) is 9.55. The number of aryl methyl sites for hydroxylation is 1. The van der Waals surface area contributed by atoms with Crippen LogP contribution in [0.5, 0.6) is 0 Å². The molecular weight excluding hydrogens is 360 g/mol. The molecule has 2 aromatic rings. The van der Waals surface area contributed by atoms with E-state index in [0.717, 1.165) is 10.7 Å². The van der Waals surface area contributed by atoms with Gasteiger partial charge in [0.05, 0.1) is 28.6 Å². The standard InChI is InChI=1S/C17H21F2N5OS/c1-12-22-13(8-26-12)7-23-4-2-16(9-23)10-24(5-3-17(16,18)19)15(25)14-6-20-11-21-14/h6,8,11H,2-5,7,9-10H2,1H3,(H,20,21)/t16-/m0/s1. The lowest BCUT2D eigenvalue weighted by molar-refractivity contribution is -0.155. The molecule has 0 aliphatic carbocycles. The van der Waals surface area contributed by atoms with Gasteiger partial charge in [-0.05, 0) is 19.9 Å². The topological polar surface area (TPSA) is 65.1 Å². The van der Waals surface area contributed by atoms with Crippen LogP contribution >= 0.6 is 11.3 Å².